The van der Waals surface area contributed by atoms with Crippen LogP contribution in [0.3, 0.4) is 0 Å². The van der Waals surface area contributed by atoms with Crippen LogP contribution < -0.4 is 5.32 Å². The van der Waals surface area contributed by atoms with Gasteiger partial charge in [0.25, 0.3) is 0 Å². The minimum absolute atomic E-state index is 0.179. The first kappa shape index (κ1) is 19.6. The summed E-state index contributed by atoms with van der Waals surface area (Å²) in [5.41, 5.74) is 0.908. The quantitative estimate of drug-likeness (QED) is 0.840. The Balaban J connectivity index is 1.43. The van der Waals surface area contributed by atoms with Gasteiger partial charge < -0.3 is 33.7 Å². The van der Waals surface area contributed by atoms with Crippen LogP contribution in [0, 0.1) is 0 Å². The molecule has 28 heavy (non-hydrogen) atoms. The van der Waals surface area contributed by atoms with E-state index in [9.17, 15) is 4.79 Å². The molecule has 0 spiro atoms. The third-order valence-corrected chi connectivity index (χ3v) is 4.98. The lowest BCUT2D eigenvalue weighted by Crippen LogP contribution is -2.52. The highest BCUT2D eigenvalue weighted by atomic mass is 16.8. The zero-order valence-electron chi connectivity index (χ0n) is 16.5. The molecule has 3 heterocycles. The summed E-state index contributed by atoms with van der Waals surface area (Å²) in [6.07, 6.45) is -2.43. The van der Waals surface area contributed by atoms with E-state index in [2.05, 4.69) is 5.32 Å². The van der Waals surface area contributed by atoms with Crippen LogP contribution in [0.25, 0.3) is 0 Å². The van der Waals surface area contributed by atoms with Gasteiger partial charge >= 0.3 is 6.09 Å². The summed E-state index contributed by atoms with van der Waals surface area (Å²) in [4.78, 5) is 12.5. The standard InChI is InChI=1S/C20H27NO7/c1-19(2)24-11-13(26-19)15-14(16-17(25-15)28-20(3,4)27-16)21-18(22)23-10-12-8-6-5-7-9-12/h5-9,13-17H,10-11H2,1-4H3,(H,21,22)/t13-,14-,15-,16-,17-/m1/s1. The first-order valence-corrected chi connectivity index (χ1v) is 9.53. The molecule has 0 saturated carbocycles. The minimum atomic E-state index is -0.791. The molecule has 1 aromatic rings. The number of fused-ring (bicyclic) bond motifs is 1. The predicted molar refractivity (Wildman–Crippen MR) is 97.2 cm³/mol. The number of nitrogens with one attached hydrogen (secondary N) is 1. The Bertz CT molecular complexity index is 708. The lowest BCUT2D eigenvalue weighted by molar-refractivity contribution is -0.223. The van der Waals surface area contributed by atoms with Gasteiger partial charge in [-0.1, -0.05) is 30.3 Å². The Hall–Kier alpha value is -1.71. The fourth-order valence-corrected chi connectivity index (χ4v) is 3.79. The Morgan fingerprint density at radius 2 is 1.82 bits per heavy atom. The highest BCUT2D eigenvalue weighted by molar-refractivity contribution is 5.68. The number of carbonyl (C=O) groups is 1. The summed E-state index contributed by atoms with van der Waals surface area (Å²) in [5, 5.41) is 2.89. The van der Waals surface area contributed by atoms with Gasteiger partial charge in [0.1, 0.15) is 24.9 Å². The van der Waals surface area contributed by atoms with Crippen LogP contribution >= 0.6 is 0 Å². The molecule has 0 aromatic heterocycles. The van der Waals surface area contributed by atoms with Crippen molar-refractivity contribution in [2.75, 3.05) is 6.61 Å². The van der Waals surface area contributed by atoms with Crippen molar-refractivity contribution in [1.29, 1.82) is 0 Å². The van der Waals surface area contributed by atoms with E-state index in [-0.39, 0.29) is 12.7 Å². The van der Waals surface area contributed by atoms with Gasteiger partial charge in [-0.05, 0) is 33.3 Å². The maximum atomic E-state index is 12.5. The first-order chi connectivity index (χ1) is 13.2. The van der Waals surface area contributed by atoms with Gasteiger partial charge in [-0.2, -0.15) is 0 Å². The average molecular weight is 393 g/mol. The summed E-state index contributed by atoms with van der Waals surface area (Å²) >= 11 is 0. The molecule has 1 N–H and O–H groups in total. The fraction of sp³-hybridized carbons (Fsp3) is 0.650. The number of alkyl carbamates (subject to hydrolysis) is 1. The maximum Gasteiger partial charge on any atom is 0.407 e. The normalized spacial score (nSPS) is 35.5. The first-order valence-electron chi connectivity index (χ1n) is 9.53. The average Bonchev–Trinajstić information content (AvgIpc) is 3.24. The van der Waals surface area contributed by atoms with Gasteiger partial charge in [0.05, 0.1) is 12.6 Å². The molecular formula is C20H27NO7. The molecule has 3 saturated heterocycles. The maximum absolute atomic E-state index is 12.5. The van der Waals surface area contributed by atoms with Crippen molar-refractivity contribution in [1.82, 2.24) is 5.32 Å². The van der Waals surface area contributed by atoms with Gasteiger partial charge in [-0.25, -0.2) is 4.79 Å². The lowest BCUT2D eigenvalue weighted by atomic mass is 10.0. The molecule has 5 atom stereocenters. The van der Waals surface area contributed by atoms with Gasteiger partial charge in [0.2, 0.25) is 0 Å². The number of hydrogen-bond acceptors (Lipinski definition) is 7. The topological polar surface area (TPSA) is 84.5 Å². The summed E-state index contributed by atoms with van der Waals surface area (Å²) in [6, 6.07) is 9.01. The van der Waals surface area contributed by atoms with Gasteiger partial charge in [-0.3, -0.25) is 0 Å². The Labute approximate surface area is 164 Å². The van der Waals surface area contributed by atoms with Gasteiger partial charge in [0.15, 0.2) is 17.9 Å². The Morgan fingerprint density at radius 1 is 1.07 bits per heavy atom. The monoisotopic (exact) mass is 393 g/mol. The van der Waals surface area contributed by atoms with Crippen molar-refractivity contribution in [2.45, 2.75) is 76.5 Å². The van der Waals surface area contributed by atoms with E-state index in [1.807, 2.05) is 58.0 Å². The lowest BCUT2D eigenvalue weighted by Gasteiger charge is -2.29. The van der Waals surface area contributed by atoms with Crippen LogP contribution in [0.15, 0.2) is 30.3 Å². The molecule has 0 radical (unpaired) electrons. The van der Waals surface area contributed by atoms with E-state index in [4.69, 9.17) is 28.4 Å². The van der Waals surface area contributed by atoms with Crippen molar-refractivity contribution >= 4 is 6.09 Å². The Kier molecular flexibility index (Phi) is 5.09. The minimum Gasteiger partial charge on any atom is -0.445 e. The molecule has 1 amide bonds. The zero-order chi connectivity index (χ0) is 19.9. The van der Waals surface area contributed by atoms with Crippen LogP contribution in [0.5, 0.6) is 0 Å². The second kappa shape index (κ2) is 7.27. The summed E-state index contributed by atoms with van der Waals surface area (Å²) in [5.74, 6) is -1.49. The van der Waals surface area contributed by atoms with E-state index in [0.717, 1.165) is 5.56 Å². The number of benzene rings is 1. The largest absolute Gasteiger partial charge is 0.445 e. The third kappa shape index (κ3) is 4.16. The number of hydrogen-bond donors (Lipinski definition) is 1. The van der Waals surface area contributed by atoms with Crippen molar-refractivity contribution in [3.8, 4) is 0 Å². The summed E-state index contributed by atoms with van der Waals surface area (Å²) < 4.78 is 34.8. The highest BCUT2D eigenvalue weighted by Gasteiger charge is 2.58. The molecule has 3 aliphatic rings. The molecule has 3 aliphatic heterocycles. The third-order valence-electron chi connectivity index (χ3n) is 4.98. The van der Waals surface area contributed by atoms with E-state index in [1.54, 1.807) is 0 Å². The SMILES string of the molecule is CC1(C)O[C@H]2O[C@H]([C@H]3COC(C)(C)O3)[C@@H](NC(=O)OCc3ccccc3)[C@H]2O1. The predicted octanol–water partition coefficient (Wildman–Crippen LogP) is 2.31. The van der Waals surface area contributed by atoms with E-state index < -0.39 is 42.2 Å². The highest BCUT2D eigenvalue weighted by Crippen LogP contribution is 2.40. The molecule has 1 aromatic carbocycles. The van der Waals surface area contributed by atoms with Crippen molar-refractivity contribution in [2.24, 2.45) is 0 Å². The van der Waals surface area contributed by atoms with Gasteiger partial charge in [-0.15, -0.1) is 0 Å². The number of ether oxygens (including phenoxy) is 6. The van der Waals surface area contributed by atoms with Crippen molar-refractivity contribution in [3.63, 3.8) is 0 Å². The number of carbonyl (C=O) groups excluding carboxylic acids is 1. The molecule has 0 aliphatic carbocycles. The number of rotatable bonds is 4. The second-order valence-corrected chi connectivity index (χ2v) is 8.17. The fourth-order valence-electron chi connectivity index (χ4n) is 3.79. The van der Waals surface area contributed by atoms with E-state index in [1.165, 1.54) is 0 Å². The molecular weight excluding hydrogens is 366 g/mol. The Morgan fingerprint density at radius 3 is 2.50 bits per heavy atom. The molecule has 4 rings (SSSR count). The van der Waals surface area contributed by atoms with Crippen LogP contribution in [0.1, 0.15) is 33.3 Å². The van der Waals surface area contributed by atoms with Crippen molar-refractivity contribution < 1.29 is 33.2 Å². The second-order valence-electron chi connectivity index (χ2n) is 8.17. The van der Waals surface area contributed by atoms with Crippen LogP contribution in [-0.2, 0) is 35.0 Å². The summed E-state index contributed by atoms with van der Waals surface area (Å²) in [7, 11) is 0. The molecule has 0 unspecified atom stereocenters. The van der Waals surface area contributed by atoms with Crippen molar-refractivity contribution in [3.05, 3.63) is 35.9 Å². The van der Waals surface area contributed by atoms with E-state index in [0.29, 0.717) is 6.61 Å². The molecule has 8 nitrogen and oxygen atoms in total. The molecule has 0 bridgehead atoms. The zero-order valence-corrected chi connectivity index (χ0v) is 16.5. The molecule has 154 valence electrons. The van der Waals surface area contributed by atoms with Crippen LogP contribution in [0.2, 0.25) is 0 Å². The summed E-state index contributed by atoms with van der Waals surface area (Å²) in [6.45, 7) is 7.85. The number of amides is 1. The van der Waals surface area contributed by atoms with E-state index >= 15 is 0 Å². The van der Waals surface area contributed by atoms with Crippen LogP contribution in [0.4, 0.5) is 4.79 Å². The van der Waals surface area contributed by atoms with Gasteiger partial charge in [0, 0.05) is 0 Å². The molecule has 3 fully saturated rings. The van der Waals surface area contributed by atoms with Crippen LogP contribution in [-0.4, -0.2) is 54.9 Å². The smallest absolute Gasteiger partial charge is 0.407 e. The molecule has 8 heteroatoms.